The smallest absolute Gasteiger partial charge is 0.308 e. The van der Waals surface area contributed by atoms with Crippen molar-refractivity contribution < 1.29 is 34.1 Å². The highest BCUT2D eigenvalue weighted by atomic mass is 16.7. The van der Waals surface area contributed by atoms with Crippen molar-refractivity contribution in [3.63, 3.8) is 0 Å². The molecule has 0 saturated carbocycles. The van der Waals surface area contributed by atoms with Gasteiger partial charge in [0.25, 0.3) is 5.91 Å². The second-order valence-corrected chi connectivity index (χ2v) is 10.2. The van der Waals surface area contributed by atoms with E-state index in [-0.39, 0.29) is 37.8 Å². The van der Waals surface area contributed by atoms with E-state index in [0.29, 0.717) is 37.6 Å². The van der Waals surface area contributed by atoms with E-state index in [1.165, 1.54) is 5.06 Å². The molecule has 1 saturated heterocycles. The Hall–Kier alpha value is -3.14. The van der Waals surface area contributed by atoms with Gasteiger partial charge >= 0.3 is 5.97 Å². The van der Waals surface area contributed by atoms with Crippen LogP contribution in [0.5, 0.6) is 11.5 Å². The molecule has 0 bridgehead atoms. The molecule has 3 atom stereocenters. The van der Waals surface area contributed by atoms with Gasteiger partial charge in [-0.05, 0) is 60.9 Å². The van der Waals surface area contributed by atoms with Gasteiger partial charge in [0.2, 0.25) is 6.79 Å². The molecule has 2 aromatic carbocycles. The van der Waals surface area contributed by atoms with Crippen molar-refractivity contribution >= 4 is 11.9 Å². The Morgan fingerprint density at radius 2 is 1.85 bits per heavy atom. The molecule has 9 heteroatoms. The van der Waals surface area contributed by atoms with Crippen LogP contribution in [0.25, 0.3) is 0 Å². The lowest BCUT2D eigenvalue weighted by atomic mass is 9.83. The van der Waals surface area contributed by atoms with Crippen LogP contribution >= 0.6 is 0 Å². The normalized spacial score (nSPS) is 20.3. The Bertz CT molecular complexity index is 1120. The zero-order valence-corrected chi connectivity index (χ0v) is 22.9. The lowest BCUT2D eigenvalue weighted by Crippen LogP contribution is -2.44. The summed E-state index contributed by atoms with van der Waals surface area (Å²) in [5, 5.41) is 21.6. The van der Waals surface area contributed by atoms with Gasteiger partial charge in [0, 0.05) is 25.0 Å². The van der Waals surface area contributed by atoms with E-state index in [1.807, 2.05) is 61.2 Å². The minimum atomic E-state index is -0.874. The topological polar surface area (TPSA) is 109 Å². The van der Waals surface area contributed by atoms with Crippen LogP contribution < -0.4 is 9.47 Å². The summed E-state index contributed by atoms with van der Waals surface area (Å²) in [5.41, 5.74) is 2.80. The molecular formula is C30H40N2O7. The van der Waals surface area contributed by atoms with Crippen molar-refractivity contribution in [1.29, 1.82) is 0 Å². The van der Waals surface area contributed by atoms with Crippen LogP contribution in [0.3, 0.4) is 0 Å². The maximum absolute atomic E-state index is 13.3. The number of ether oxygens (including phenoxy) is 2. The molecule has 2 aromatic rings. The molecule has 2 aliphatic heterocycles. The van der Waals surface area contributed by atoms with Crippen LogP contribution in [0, 0.1) is 5.92 Å². The number of amides is 1. The van der Waals surface area contributed by atoms with E-state index in [0.717, 1.165) is 42.4 Å². The number of nitrogens with zero attached hydrogens (tertiary/aromatic N) is 2. The highest BCUT2D eigenvalue weighted by molar-refractivity contribution is 5.78. The fraction of sp³-hybridized carbons (Fsp3) is 0.533. The van der Waals surface area contributed by atoms with E-state index in [2.05, 4.69) is 0 Å². The van der Waals surface area contributed by atoms with Crippen molar-refractivity contribution in [2.24, 2.45) is 5.92 Å². The number of hydrogen-bond donors (Lipinski definition) is 2. The van der Waals surface area contributed by atoms with E-state index in [1.54, 1.807) is 0 Å². The monoisotopic (exact) mass is 540 g/mol. The molecule has 2 heterocycles. The number of hydroxylamine groups is 2. The third kappa shape index (κ3) is 6.90. The van der Waals surface area contributed by atoms with E-state index < -0.39 is 11.9 Å². The van der Waals surface area contributed by atoms with Crippen LogP contribution in [0.15, 0.2) is 42.5 Å². The number of carboxylic acid groups (broad SMARTS) is 1. The molecule has 0 spiro atoms. The molecule has 1 fully saturated rings. The van der Waals surface area contributed by atoms with Crippen LogP contribution in [0.4, 0.5) is 0 Å². The van der Waals surface area contributed by atoms with Crippen molar-refractivity contribution in [3.8, 4) is 11.5 Å². The summed E-state index contributed by atoms with van der Waals surface area (Å²) in [6, 6.07) is 13.0. The first-order valence-electron chi connectivity index (χ1n) is 13.9. The van der Waals surface area contributed by atoms with Gasteiger partial charge in [-0.2, -0.15) is 0 Å². The second kappa shape index (κ2) is 13.8. The molecule has 2 N–H and O–H groups in total. The number of benzene rings is 2. The molecule has 0 aromatic heterocycles. The summed E-state index contributed by atoms with van der Waals surface area (Å²) in [5.74, 6) is -0.765. The summed E-state index contributed by atoms with van der Waals surface area (Å²) >= 11 is 0. The lowest BCUT2D eigenvalue weighted by Gasteiger charge is -2.29. The van der Waals surface area contributed by atoms with E-state index >= 15 is 0 Å². The van der Waals surface area contributed by atoms with Crippen molar-refractivity contribution in [2.45, 2.75) is 64.5 Å². The molecular weight excluding hydrogens is 500 g/mol. The summed E-state index contributed by atoms with van der Waals surface area (Å²) in [6.07, 6.45) is 3.62. The molecule has 212 valence electrons. The van der Waals surface area contributed by atoms with Gasteiger partial charge in [0.05, 0.1) is 25.7 Å². The number of fused-ring (bicyclic) bond motifs is 1. The Balaban J connectivity index is 1.57. The first kappa shape index (κ1) is 28.9. The van der Waals surface area contributed by atoms with Gasteiger partial charge in [0.15, 0.2) is 11.5 Å². The zero-order valence-electron chi connectivity index (χ0n) is 22.9. The minimum Gasteiger partial charge on any atom is -0.481 e. The van der Waals surface area contributed by atoms with Gasteiger partial charge in [-0.3, -0.25) is 19.3 Å². The number of carboxylic acids is 1. The van der Waals surface area contributed by atoms with Gasteiger partial charge in [-0.25, -0.2) is 5.06 Å². The Labute approximate surface area is 230 Å². The summed E-state index contributed by atoms with van der Waals surface area (Å²) < 4.78 is 11.0. The second-order valence-electron chi connectivity index (χ2n) is 10.2. The third-order valence-electron chi connectivity index (χ3n) is 7.59. The average molecular weight is 541 g/mol. The number of hydrogen-bond acceptors (Lipinski definition) is 7. The fourth-order valence-corrected chi connectivity index (χ4v) is 5.71. The number of aliphatic hydroxyl groups is 1. The number of aliphatic hydroxyl groups excluding tert-OH is 1. The predicted octanol–water partition coefficient (Wildman–Crippen LogP) is 3.98. The number of aryl methyl sites for hydroxylation is 1. The fourth-order valence-electron chi connectivity index (χ4n) is 5.71. The summed E-state index contributed by atoms with van der Waals surface area (Å²) in [6.45, 7) is 5.58. The molecule has 1 amide bonds. The third-order valence-corrected chi connectivity index (χ3v) is 7.59. The molecule has 4 rings (SSSR count). The average Bonchev–Trinajstić information content (AvgIpc) is 3.55. The Morgan fingerprint density at radius 1 is 1.08 bits per heavy atom. The lowest BCUT2D eigenvalue weighted by molar-refractivity contribution is -0.188. The maximum atomic E-state index is 13.3. The quantitative estimate of drug-likeness (QED) is 0.347. The van der Waals surface area contributed by atoms with Crippen LogP contribution in [-0.4, -0.2) is 71.1 Å². The van der Waals surface area contributed by atoms with E-state index in [4.69, 9.17) is 14.3 Å². The number of aliphatic carboxylic acids is 1. The van der Waals surface area contributed by atoms with Crippen LogP contribution in [0.2, 0.25) is 0 Å². The summed E-state index contributed by atoms with van der Waals surface area (Å²) in [4.78, 5) is 33.8. The van der Waals surface area contributed by atoms with Crippen molar-refractivity contribution in [2.75, 3.05) is 33.0 Å². The maximum Gasteiger partial charge on any atom is 0.308 e. The van der Waals surface area contributed by atoms with Gasteiger partial charge in [0.1, 0.15) is 0 Å². The van der Waals surface area contributed by atoms with Crippen molar-refractivity contribution in [3.05, 3.63) is 59.2 Å². The number of rotatable bonds is 14. The number of likely N-dealkylation sites (tertiary alicyclic amines) is 1. The highest BCUT2D eigenvalue weighted by Crippen LogP contribution is 2.43. The molecule has 2 aliphatic rings. The number of carbonyl (C=O) groups is 2. The van der Waals surface area contributed by atoms with Gasteiger partial charge in [-0.15, -0.1) is 0 Å². The van der Waals surface area contributed by atoms with Gasteiger partial charge in [-0.1, -0.05) is 44.2 Å². The molecule has 0 radical (unpaired) electrons. The highest BCUT2D eigenvalue weighted by Gasteiger charge is 2.47. The standard InChI is InChI=1S/C30H40N2O7/c1-3-14-32(39-15-4-2)28(34)18-31-17-24(22-12-13-26-27(16-22)38-20-37-26)29(30(35)36)25(31)11-7-10-21-8-5-6-9-23(21)19-33/h5-6,8-9,12-13,16,24-25,29,33H,3-4,7,10-11,14-15,17-20H2,1-2H3,(H,35,36)/t24-,25+,29-/m1/s1. The van der Waals surface area contributed by atoms with Gasteiger partial charge < -0.3 is 19.7 Å². The largest absolute Gasteiger partial charge is 0.481 e. The summed E-state index contributed by atoms with van der Waals surface area (Å²) in [7, 11) is 0. The molecule has 9 nitrogen and oxygen atoms in total. The van der Waals surface area contributed by atoms with Crippen molar-refractivity contribution in [1.82, 2.24) is 9.96 Å². The first-order chi connectivity index (χ1) is 19.0. The predicted molar refractivity (Wildman–Crippen MR) is 145 cm³/mol. The van der Waals surface area contributed by atoms with Crippen LogP contribution in [-0.2, 0) is 27.5 Å². The van der Waals surface area contributed by atoms with E-state index in [9.17, 15) is 19.8 Å². The Kier molecular flexibility index (Phi) is 10.2. The molecule has 39 heavy (non-hydrogen) atoms. The molecule has 0 aliphatic carbocycles. The SMILES string of the molecule is CCCON(CCC)C(=O)CN1C[C@H](c2ccc3c(c2)OCO3)[C@@H](C(=O)O)[C@@H]1CCCc1ccccc1CO. The Morgan fingerprint density at radius 3 is 2.56 bits per heavy atom. The zero-order chi connectivity index (χ0) is 27.8. The van der Waals surface area contributed by atoms with Crippen LogP contribution in [0.1, 0.15) is 62.1 Å². The number of carbonyl (C=O) groups excluding carboxylic acids is 1. The molecule has 0 unspecified atom stereocenters. The minimum absolute atomic E-state index is 0.0325. The first-order valence-corrected chi connectivity index (χ1v) is 13.9.